The van der Waals surface area contributed by atoms with E-state index in [1.807, 2.05) is 57.2 Å². The van der Waals surface area contributed by atoms with Crippen molar-refractivity contribution in [1.82, 2.24) is 10.1 Å². The molecule has 0 spiro atoms. The molecule has 3 heterocycles. The van der Waals surface area contributed by atoms with Gasteiger partial charge in [-0.2, -0.15) is 0 Å². The number of amides is 2. The average molecular weight is 1120 g/mol. The molecule has 1 unspecified atom stereocenters. The number of fused-ring (bicyclic) bond motifs is 3. The van der Waals surface area contributed by atoms with Gasteiger partial charge in [0, 0.05) is 64.8 Å². The molecule has 1 saturated carbocycles. The number of nitrogens with zero attached hydrogens (tertiary/aromatic N) is 1. The van der Waals surface area contributed by atoms with E-state index in [4.69, 9.17) is 33.2 Å². The molecule has 5 rings (SSSR count). The molecule has 2 amide bonds. The third-order valence-electron chi connectivity index (χ3n) is 16.6. The summed E-state index contributed by atoms with van der Waals surface area (Å²) >= 11 is 0. The van der Waals surface area contributed by atoms with Crippen LogP contribution in [0.25, 0.3) is 0 Å². The number of aliphatic hydroxyl groups excluding tert-OH is 1. The van der Waals surface area contributed by atoms with Gasteiger partial charge < -0.3 is 57.8 Å². The molecule has 19 heteroatoms. The maximum absolute atomic E-state index is 14.6. The Kier molecular flexibility index (Phi) is 26.4. The van der Waals surface area contributed by atoms with E-state index < -0.39 is 96.9 Å². The van der Waals surface area contributed by atoms with Crippen molar-refractivity contribution >= 4 is 42.4 Å². The van der Waals surface area contributed by atoms with Crippen molar-refractivity contribution < 1.29 is 76.5 Å². The van der Waals surface area contributed by atoms with Crippen LogP contribution in [0.15, 0.2) is 77.9 Å². The molecule has 1 aromatic carbocycles. The molecule has 0 aromatic heterocycles. The molecule has 17 nitrogen and oxygen atoms in total. The average Bonchev–Trinajstić information content (AvgIpc) is 3.54. The number of carbonyl (C=O) groups is 6. The first-order chi connectivity index (χ1) is 38.1. The molecular formula is C61H90BFN2O15. The van der Waals surface area contributed by atoms with Gasteiger partial charge in [0.25, 0.3) is 11.7 Å². The maximum atomic E-state index is 14.6. The number of ether oxygens (including phenoxy) is 7. The molecule has 4 aliphatic rings. The number of aliphatic hydroxyl groups is 2. The van der Waals surface area contributed by atoms with Crippen molar-refractivity contribution in [3.05, 3.63) is 83.5 Å². The monoisotopic (exact) mass is 1120 g/mol. The number of rotatable bonds is 13. The zero-order valence-electron chi connectivity index (χ0n) is 48.9. The van der Waals surface area contributed by atoms with Crippen LogP contribution in [-0.4, -0.2) is 153 Å². The standard InChI is InChI=1S/C61H90BFN2O15/c1-38-19-13-11-14-20-39(2)51(74-8)35-47-26-24-44(7)61(73,80-47)57(69)58(70)65-28-18-17-23-48(65)59(71)79-52(36-49(66)40(3)32-43(6)55(68)56(76-10)54(67)42(5)31-38)41(4)33-46-25-27-50(53(34-46)75-9)77-29-30-78-60(72)64-62(63)37-45-21-15-12-16-22-45/h11-16,19-22,32,38,40-42,44,46-48,50-53,55-56,68,73H,17-18,23-31,33-37H2,1-10H3,(H,64,72)/b14-11?,19-13+,39-20?,43-32+/t38-,40-,41-,42-,44-,46+,47+,48+,50?,51+,52+,53-,55-,56+,61-/m1/s1. The number of piperidine rings is 1. The lowest BCUT2D eigenvalue weighted by Gasteiger charge is -2.42. The predicted octanol–water partition coefficient (Wildman–Crippen LogP) is 8.17. The Morgan fingerprint density at radius 1 is 0.875 bits per heavy atom. The number of cyclic esters (lactones) is 1. The van der Waals surface area contributed by atoms with Crippen LogP contribution < -0.4 is 5.23 Å². The fraction of sp³-hybridized carbons (Fsp3) is 0.672. The first-order valence-electron chi connectivity index (χ1n) is 28.8. The topological polar surface area (TPSA) is 223 Å². The van der Waals surface area contributed by atoms with Gasteiger partial charge in [-0.25, -0.2) is 9.59 Å². The summed E-state index contributed by atoms with van der Waals surface area (Å²) in [6, 6.07) is 7.75. The summed E-state index contributed by atoms with van der Waals surface area (Å²) in [6.07, 6.45) is 9.94. The zero-order valence-corrected chi connectivity index (χ0v) is 48.9. The predicted molar refractivity (Wildman–Crippen MR) is 300 cm³/mol. The summed E-state index contributed by atoms with van der Waals surface area (Å²) in [6.45, 7) is 12.6. The van der Waals surface area contributed by atoms with Gasteiger partial charge in [-0.15, -0.1) is 0 Å². The second-order valence-electron chi connectivity index (χ2n) is 22.9. The maximum Gasteiger partial charge on any atom is 0.467 e. The molecule has 1 aromatic rings. The van der Waals surface area contributed by atoms with Gasteiger partial charge in [0.15, 0.2) is 5.78 Å². The van der Waals surface area contributed by atoms with Crippen LogP contribution in [0.5, 0.6) is 0 Å². The van der Waals surface area contributed by atoms with Crippen molar-refractivity contribution in [3.8, 4) is 0 Å². The lowest BCUT2D eigenvalue weighted by molar-refractivity contribution is -0.265. The van der Waals surface area contributed by atoms with Crippen molar-refractivity contribution in [2.24, 2.45) is 35.5 Å². The van der Waals surface area contributed by atoms with Gasteiger partial charge >= 0.3 is 19.2 Å². The first-order valence-corrected chi connectivity index (χ1v) is 28.8. The Morgan fingerprint density at radius 2 is 1.61 bits per heavy atom. The van der Waals surface area contributed by atoms with Crippen LogP contribution in [0, 0.1) is 35.5 Å². The number of hydrogen-bond acceptors (Lipinski definition) is 15. The van der Waals surface area contributed by atoms with Crippen LogP contribution in [0.4, 0.5) is 9.11 Å². The summed E-state index contributed by atoms with van der Waals surface area (Å²) in [5.41, 5.74) is 1.95. The van der Waals surface area contributed by atoms with Gasteiger partial charge in [0.05, 0.1) is 31.0 Å². The second-order valence-corrected chi connectivity index (χ2v) is 22.9. The number of esters is 1. The van der Waals surface area contributed by atoms with Gasteiger partial charge in [0.1, 0.15) is 36.7 Å². The highest BCUT2D eigenvalue weighted by molar-refractivity contribution is 6.50. The van der Waals surface area contributed by atoms with Crippen molar-refractivity contribution in [3.63, 3.8) is 0 Å². The third kappa shape index (κ3) is 18.8. The summed E-state index contributed by atoms with van der Waals surface area (Å²) in [7, 11) is 2.89. The van der Waals surface area contributed by atoms with Crippen molar-refractivity contribution in [2.75, 3.05) is 41.1 Å². The fourth-order valence-electron chi connectivity index (χ4n) is 11.7. The Bertz CT molecular complexity index is 2330. The van der Waals surface area contributed by atoms with Gasteiger partial charge in [0.2, 0.25) is 5.79 Å². The second kappa shape index (κ2) is 32.1. The minimum absolute atomic E-state index is 0.000191. The molecule has 3 N–H and O–H groups in total. The SMILES string of the molecule is CO[C@H]1C[C@@H]2CC[C@@H](C)[C@@](O)(O2)C(=O)C(=O)N2CCCC[C@H]2C(=O)O[C@H]([C@H](C)C[C@@H]2CCC(OCCOC(=O)NB(F)Cc3ccccc3)[C@H](OC)C2)CC(=O)[C@H](C)/C=C(\C)[C@@H](O)[C@@H](OC)C(=O)[C@H](C)C[C@H](C)/C=C/C=CC=C1C. The molecule has 1 aliphatic carbocycles. The van der Waals surface area contributed by atoms with E-state index in [1.165, 1.54) is 12.0 Å². The Labute approximate surface area is 473 Å². The molecule has 15 atom stereocenters. The number of allylic oxidation sites excluding steroid dienone is 6. The highest BCUT2D eigenvalue weighted by atomic mass is 19.1. The van der Waals surface area contributed by atoms with Gasteiger partial charge in [-0.1, -0.05) is 107 Å². The number of halogens is 1. The molecule has 444 valence electrons. The normalized spacial score (nSPS) is 33.8. The lowest BCUT2D eigenvalue weighted by atomic mass is 9.78. The smallest absolute Gasteiger partial charge is 0.460 e. The van der Waals surface area contributed by atoms with E-state index in [-0.39, 0.29) is 74.5 Å². The molecule has 0 radical (unpaired) electrons. The minimum Gasteiger partial charge on any atom is -0.460 e. The van der Waals surface area contributed by atoms with Crippen molar-refractivity contribution in [1.29, 1.82) is 0 Å². The third-order valence-corrected chi connectivity index (χ3v) is 16.6. The largest absolute Gasteiger partial charge is 0.467 e. The zero-order chi connectivity index (χ0) is 58.7. The van der Waals surface area contributed by atoms with Gasteiger partial charge in [-0.3, -0.25) is 19.2 Å². The summed E-state index contributed by atoms with van der Waals surface area (Å²) in [5, 5.41) is 25.8. The van der Waals surface area contributed by atoms with Crippen LogP contribution in [-0.2, 0) is 63.5 Å². The van der Waals surface area contributed by atoms with Gasteiger partial charge in [-0.05, 0) is 107 Å². The summed E-state index contributed by atoms with van der Waals surface area (Å²) in [5.74, 6) is -8.43. The number of ketones is 3. The molecule has 2 saturated heterocycles. The molecule has 3 fully saturated rings. The number of carbonyl (C=O) groups excluding carboxylic acids is 6. The van der Waals surface area contributed by atoms with Crippen LogP contribution >= 0.6 is 0 Å². The fourth-order valence-corrected chi connectivity index (χ4v) is 11.7. The number of hydrogen-bond donors (Lipinski definition) is 3. The van der Waals surface area contributed by atoms with Crippen LogP contribution in [0.3, 0.4) is 0 Å². The number of benzene rings is 1. The number of nitrogens with one attached hydrogen (secondary N) is 1. The van der Waals surface area contributed by atoms with E-state index in [9.17, 15) is 43.3 Å². The Balaban J connectivity index is 1.36. The van der Waals surface area contributed by atoms with Crippen LogP contribution in [0.1, 0.15) is 131 Å². The quantitative estimate of drug-likeness (QED) is 0.0557. The van der Waals surface area contributed by atoms with E-state index >= 15 is 0 Å². The van der Waals surface area contributed by atoms with E-state index in [0.717, 1.165) is 11.1 Å². The highest BCUT2D eigenvalue weighted by Gasteiger charge is 2.53. The lowest BCUT2D eigenvalue weighted by Crippen LogP contribution is -2.61. The highest BCUT2D eigenvalue weighted by Crippen LogP contribution is 2.38. The summed E-state index contributed by atoms with van der Waals surface area (Å²) < 4.78 is 55.7. The number of methoxy groups -OCH3 is 3. The molecule has 3 aliphatic heterocycles. The van der Waals surface area contributed by atoms with E-state index in [1.54, 1.807) is 72.3 Å². The van der Waals surface area contributed by atoms with E-state index in [2.05, 4.69) is 5.23 Å². The number of Topliss-reactive ketones (excluding diaryl/α,β-unsaturated/α-hetero) is 3. The Morgan fingerprint density at radius 3 is 2.31 bits per heavy atom. The minimum atomic E-state index is -2.47. The summed E-state index contributed by atoms with van der Waals surface area (Å²) in [4.78, 5) is 85.1. The first kappa shape index (κ1) is 65.9. The Hall–Kier alpha value is -4.89. The van der Waals surface area contributed by atoms with E-state index in [0.29, 0.717) is 69.8 Å². The molecule has 80 heavy (non-hydrogen) atoms. The van der Waals surface area contributed by atoms with Crippen molar-refractivity contribution in [2.45, 2.75) is 186 Å². The molecular weight excluding hydrogens is 1030 g/mol. The van der Waals surface area contributed by atoms with Crippen LogP contribution in [0.2, 0.25) is 0 Å². The molecule has 2 bridgehead atoms.